The van der Waals surface area contributed by atoms with Gasteiger partial charge in [0.2, 0.25) is 6.79 Å². The molecular formula is C17H16O6S. The summed E-state index contributed by atoms with van der Waals surface area (Å²) in [6.07, 6.45) is 0. The number of hydrogen-bond donors (Lipinski definition) is 1. The van der Waals surface area contributed by atoms with Crippen LogP contribution in [0.1, 0.15) is 15.9 Å². The van der Waals surface area contributed by atoms with Crippen molar-refractivity contribution in [1.29, 1.82) is 0 Å². The molecule has 0 bridgehead atoms. The SMILES string of the molecule is COCOc1cc2c(c(CSc3ccccc3)c1C(=O)O)OCO2. The molecule has 0 radical (unpaired) electrons. The fourth-order valence-electron chi connectivity index (χ4n) is 2.37. The Bertz CT molecular complexity index is 732. The van der Waals surface area contributed by atoms with E-state index in [4.69, 9.17) is 18.9 Å². The molecule has 1 heterocycles. The number of carboxylic acids is 1. The summed E-state index contributed by atoms with van der Waals surface area (Å²) < 4.78 is 21.2. The Morgan fingerprint density at radius 2 is 2.08 bits per heavy atom. The van der Waals surface area contributed by atoms with Crippen molar-refractivity contribution in [3.05, 3.63) is 47.5 Å². The van der Waals surface area contributed by atoms with Crippen LogP contribution in [0, 0.1) is 0 Å². The zero-order valence-corrected chi connectivity index (χ0v) is 13.8. The zero-order valence-electron chi connectivity index (χ0n) is 13.0. The molecule has 0 spiro atoms. The first-order valence-electron chi connectivity index (χ1n) is 7.19. The van der Waals surface area contributed by atoms with Crippen molar-refractivity contribution >= 4 is 17.7 Å². The van der Waals surface area contributed by atoms with Gasteiger partial charge >= 0.3 is 5.97 Å². The molecule has 1 N–H and O–H groups in total. The van der Waals surface area contributed by atoms with Crippen molar-refractivity contribution in [3.63, 3.8) is 0 Å². The molecule has 126 valence electrons. The lowest BCUT2D eigenvalue weighted by molar-refractivity contribution is 0.0482. The Morgan fingerprint density at radius 3 is 2.79 bits per heavy atom. The van der Waals surface area contributed by atoms with Crippen LogP contribution in [0.4, 0.5) is 0 Å². The minimum Gasteiger partial charge on any atom is -0.478 e. The number of hydrogen-bond acceptors (Lipinski definition) is 6. The monoisotopic (exact) mass is 348 g/mol. The summed E-state index contributed by atoms with van der Waals surface area (Å²) in [6, 6.07) is 11.3. The van der Waals surface area contributed by atoms with Gasteiger partial charge in [-0.2, -0.15) is 0 Å². The highest BCUT2D eigenvalue weighted by Crippen LogP contribution is 2.44. The van der Waals surface area contributed by atoms with E-state index >= 15 is 0 Å². The Labute approximate surface area is 143 Å². The molecule has 6 nitrogen and oxygen atoms in total. The molecular weight excluding hydrogens is 332 g/mol. The van der Waals surface area contributed by atoms with Crippen LogP contribution in [0.2, 0.25) is 0 Å². The van der Waals surface area contributed by atoms with Crippen LogP contribution < -0.4 is 14.2 Å². The first-order chi connectivity index (χ1) is 11.7. The zero-order chi connectivity index (χ0) is 16.9. The maximum Gasteiger partial charge on any atom is 0.339 e. The second-order valence-corrected chi connectivity index (χ2v) is 5.97. The molecule has 0 aromatic heterocycles. The topological polar surface area (TPSA) is 74.2 Å². The summed E-state index contributed by atoms with van der Waals surface area (Å²) in [5.74, 6) is 0.484. The van der Waals surface area contributed by atoms with E-state index in [0.717, 1.165) is 4.90 Å². The molecule has 1 aliphatic rings. The molecule has 0 aliphatic carbocycles. The molecule has 3 rings (SSSR count). The van der Waals surface area contributed by atoms with Crippen molar-refractivity contribution in [2.24, 2.45) is 0 Å². The number of ether oxygens (including phenoxy) is 4. The number of carboxylic acid groups (broad SMARTS) is 1. The van der Waals surface area contributed by atoms with Crippen LogP contribution in [0.3, 0.4) is 0 Å². The highest BCUT2D eigenvalue weighted by Gasteiger charge is 2.28. The van der Waals surface area contributed by atoms with E-state index in [9.17, 15) is 9.90 Å². The van der Waals surface area contributed by atoms with E-state index in [1.165, 1.54) is 24.9 Å². The third kappa shape index (κ3) is 3.42. The molecule has 24 heavy (non-hydrogen) atoms. The van der Waals surface area contributed by atoms with Crippen molar-refractivity contribution in [1.82, 2.24) is 0 Å². The van der Waals surface area contributed by atoms with E-state index in [1.807, 2.05) is 30.3 Å². The van der Waals surface area contributed by atoms with Gasteiger partial charge in [-0.15, -0.1) is 11.8 Å². The summed E-state index contributed by atoms with van der Waals surface area (Å²) in [6.45, 7) is 0.0102. The number of methoxy groups -OCH3 is 1. The largest absolute Gasteiger partial charge is 0.478 e. The molecule has 0 unspecified atom stereocenters. The summed E-state index contributed by atoms with van der Waals surface area (Å²) in [5, 5.41) is 9.65. The van der Waals surface area contributed by atoms with Gasteiger partial charge in [0.05, 0.1) is 0 Å². The normalized spacial score (nSPS) is 12.2. The van der Waals surface area contributed by atoms with E-state index in [1.54, 1.807) is 0 Å². The van der Waals surface area contributed by atoms with E-state index in [2.05, 4.69) is 0 Å². The number of fused-ring (bicyclic) bond motifs is 1. The number of carbonyl (C=O) groups is 1. The number of aromatic carboxylic acids is 1. The molecule has 1 aliphatic heterocycles. The molecule has 2 aromatic rings. The molecule has 0 amide bonds. The minimum atomic E-state index is -1.08. The summed E-state index contributed by atoms with van der Waals surface area (Å²) in [4.78, 5) is 12.8. The average molecular weight is 348 g/mol. The van der Waals surface area contributed by atoms with Crippen LogP contribution >= 0.6 is 11.8 Å². The van der Waals surface area contributed by atoms with Gasteiger partial charge in [-0.3, -0.25) is 0 Å². The van der Waals surface area contributed by atoms with Crippen LogP contribution in [0.25, 0.3) is 0 Å². The van der Waals surface area contributed by atoms with E-state index in [-0.39, 0.29) is 24.9 Å². The highest BCUT2D eigenvalue weighted by molar-refractivity contribution is 7.98. The maximum absolute atomic E-state index is 11.8. The number of rotatable bonds is 7. The standard InChI is InChI=1S/C17H16O6S/c1-20-9-21-13-7-14-16(23-10-22-14)12(15(13)17(18)19)8-24-11-5-3-2-4-6-11/h2-7H,8-10H2,1H3,(H,18,19). The molecule has 7 heteroatoms. The second kappa shape index (κ2) is 7.46. The van der Waals surface area contributed by atoms with Gasteiger partial charge < -0.3 is 24.1 Å². The Balaban J connectivity index is 1.98. The van der Waals surface area contributed by atoms with Crippen LogP contribution in [0.5, 0.6) is 17.2 Å². The van der Waals surface area contributed by atoms with Crippen molar-refractivity contribution in [3.8, 4) is 17.2 Å². The maximum atomic E-state index is 11.8. The minimum absolute atomic E-state index is 0.0504. The molecule has 0 saturated carbocycles. The van der Waals surface area contributed by atoms with Crippen molar-refractivity contribution in [2.75, 3.05) is 20.7 Å². The van der Waals surface area contributed by atoms with Gasteiger partial charge in [0.15, 0.2) is 18.3 Å². The molecule has 2 aromatic carbocycles. The third-order valence-corrected chi connectivity index (χ3v) is 4.44. The van der Waals surface area contributed by atoms with E-state index < -0.39 is 5.97 Å². The van der Waals surface area contributed by atoms with Gasteiger partial charge in [-0.1, -0.05) is 18.2 Å². The van der Waals surface area contributed by atoms with Crippen LogP contribution in [-0.4, -0.2) is 31.8 Å². The summed E-state index contributed by atoms with van der Waals surface area (Å²) >= 11 is 1.52. The van der Waals surface area contributed by atoms with Crippen LogP contribution in [-0.2, 0) is 10.5 Å². The molecule has 0 saturated heterocycles. The smallest absolute Gasteiger partial charge is 0.339 e. The van der Waals surface area contributed by atoms with Crippen molar-refractivity contribution < 1.29 is 28.8 Å². The number of thioether (sulfide) groups is 1. The second-order valence-electron chi connectivity index (χ2n) is 4.92. The predicted octanol–water partition coefficient (Wildman–Crippen LogP) is 3.39. The fourth-order valence-corrected chi connectivity index (χ4v) is 3.30. The number of benzene rings is 2. The van der Waals surface area contributed by atoms with Gasteiger partial charge in [0, 0.05) is 29.4 Å². The van der Waals surface area contributed by atoms with Gasteiger partial charge in [-0.05, 0) is 12.1 Å². The lowest BCUT2D eigenvalue weighted by atomic mass is 10.1. The Kier molecular flexibility index (Phi) is 5.12. The third-order valence-electron chi connectivity index (χ3n) is 3.40. The first kappa shape index (κ1) is 16.5. The Morgan fingerprint density at radius 1 is 1.29 bits per heavy atom. The molecule has 0 atom stereocenters. The van der Waals surface area contributed by atoms with E-state index in [0.29, 0.717) is 22.8 Å². The predicted molar refractivity (Wildman–Crippen MR) is 88.0 cm³/mol. The quantitative estimate of drug-likeness (QED) is 0.607. The summed E-state index contributed by atoms with van der Waals surface area (Å²) in [7, 11) is 1.47. The van der Waals surface area contributed by atoms with Crippen LogP contribution in [0.15, 0.2) is 41.3 Å². The first-order valence-corrected chi connectivity index (χ1v) is 8.17. The average Bonchev–Trinajstić information content (AvgIpc) is 3.06. The Hall–Kier alpha value is -2.38. The summed E-state index contributed by atoms with van der Waals surface area (Å²) in [5.41, 5.74) is 0.609. The van der Waals surface area contributed by atoms with Gasteiger partial charge in [0.1, 0.15) is 11.3 Å². The highest BCUT2D eigenvalue weighted by atomic mass is 32.2. The lowest BCUT2D eigenvalue weighted by Crippen LogP contribution is -2.09. The van der Waals surface area contributed by atoms with Gasteiger partial charge in [-0.25, -0.2) is 4.79 Å². The molecule has 0 fully saturated rings. The van der Waals surface area contributed by atoms with Crippen molar-refractivity contribution in [2.45, 2.75) is 10.6 Å². The lowest BCUT2D eigenvalue weighted by Gasteiger charge is -2.14. The van der Waals surface area contributed by atoms with Gasteiger partial charge in [0.25, 0.3) is 0 Å². The fraction of sp³-hybridized carbons (Fsp3) is 0.235.